The predicted octanol–water partition coefficient (Wildman–Crippen LogP) is 4.08. The molecule has 1 atom stereocenters. The maximum Gasteiger partial charge on any atom is 0.217 e. The van der Waals surface area contributed by atoms with Gasteiger partial charge in [0.25, 0.3) is 0 Å². The van der Waals surface area contributed by atoms with Crippen LogP contribution in [0.2, 0.25) is 0 Å². The van der Waals surface area contributed by atoms with Gasteiger partial charge in [-0.15, -0.1) is 10.2 Å². The van der Waals surface area contributed by atoms with Crippen molar-refractivity contribution < 1.29 is 5.11 Å². The summed E-state index contributed by atoms with van der Waals surface area (Å²) in [6.45, 7) is 2.04. The molecule has 2 heterocycles. The van der Waals surface area contributed by atoms with Gasteiger partial charge in [0, 0.05) is 5.75 Å². The molecule has 0 fully saturated rings. The van der Waals surface area contributed by atoms with Gasteiger partial charge in [0.05, 0.1) is 16.3 Å². The molecule has 2 aromatic heterocycles. The van der Waals surface area contributed by atoms with Crippen LogP contribution in [-0.2, 0) is 0 Å². The van der Waals surface area contributed by atoms with Gasteiger partial charge in [0.1, 0.15) is 0 Å². The Bertz CT molecular complexity index is 959. The van der Waals surface area contributed by atoms with Crippen molar-refractivity contribution in [3.8, 4) is 0 Å². The number of hydrogen-bond acceptors (Lipinski definition) is 5. The highest BCUT2D eigenvalue weighted by Gasteiger charge is 2.15. The molecule has 0 aliphatic rings. The van der Waals surface area contributed by atoms with Gasteiger partial charge in [-0.3, -0.25) is 4.40 Å². The first-order valence-corrected chi connectivity index (χ1v) is 9.13. The standard InChI is InChI=1S/C17H15N3OS2/c1-11-6-8-12(9-7-11)14(21)10-22-16-18-19-17-20(16)13-4-2-3-5-15(13)23-17/h2-9,14,21H,10H2,1H3. The quantitative estimate of drug-likeness (QED) is 0.568. The summed E-state index contributed by atoms with van der Waals surface area (Å²) < 4.78 is 3.25. The van der Waals surface area contributed by atoms with Gasteiger partial charge in [-0.25, -0.2) is 0 Å². The predicted molar refractivity (Wildman–Crippen MR) is 95.2 cm³/mol. The van der Waals surface area contributed by atoms with Crippen LogP contribution in [0.3, 0.4) is 0 Å². The van der Waals surface area contributed by atoms with E-state index in [4.69, 9.17) is 0 Å². The highest BCUT2D eigenvalue weighted by molar-refractivity contribution is 7.99. The smallest absolute Gasteiger partial charge is 0.217 e. The summed E-state index contributed by atoms with van der Waals surface area (Å²) >= 11 is 3.16. The molecule has 1 N–H and O–H groups in total. The lowest BCUT2D eigenvalue weighted by atomic mass is 10.1. The largest absolute Gasteiger partial charge is 0.388 e. The monoisotopic (exact) mass is 341 g/mol. The van der Waals surface area contributed by atoms with Crippen molar-refractivity contribution in [1.29, 1.82) is 0 Å². The maximum absolute atomic E-state index is 10.4. The second-order valence-corrected chi connectivity index (χ2v) is 7.40. The van der Waals surface area contributed by atoms with E-state index in [-0.39, 0.29) is 0 Å². The van der Waals surface area contributed by atoms with E-state index in [1.54, 1.807) is 11.3 Å². The van der Waals surface area contributed by atoms with Gasteiger partial charge in [-0.05, 0) is 24.6 Å². The first-order chi connectivity index (χ1) is 11.2. The number of hydrogen-bond donors (Lipinski definition) is 1. The average Bonchev–Trinajstić information content (AvgIpc) is 3.12. The zero-order valence-electron chi connectivity index (χ0n) is 12.5. The molecule has 0 saturated carbocycles. The molecule has 4 aromatic rings. The molecule has 1 unspecified atom stereocenters. The van der Waals surface area contributed by atoms with Crippen molar-refractivity contribution in [2.75, 3.05) is 5.75 Å². The number of aryl methyl sites for hydroxylation is 1. The first kappa shape index (κ1) is 14.7. The Morgan fingerprint density at radius 1 is 1.13 bits per heavy atom. The molecular weight excluding hydrogens is 326 g/mol. The molecule has 4 nitrogen and oxygen atoms in total. The molecular formula is C17H15N3OS2. The summed E-state index contributed by atoms with van der Waals surface area (Å²) in [5, 5.41) is 19.7. The zero-order chi connectivity index (χ0) is 15.8. The molecule has 0 amide bonds. The summed E-state index contributed by atoms with van der Waals surface area (Å²) in [6, 6.07) is 16.2. The highest BCUT2D eigenvalue weighted by Crippen LogP contribution is 2.31. The van der Waals surface area contributed by atoms with E-state index in [1.165, 1.54) is 22.0 Å². The third kappa shape index (κ3) is 2.73. The fraction of sp³-hybridized carbons (Fsp3) is 0.176. The van der Waals surface area contributed by atoms with Gasteiger partial charge in [-0.2, -0.15) is 0 Å². The maximum atomic E-state index is 10.4. The van der Waals surface area contributed by atoms with Gasteiger partial charge >= 0.3 is 0 Å². The first-order valence-electron chi connectivity index (χ1n) is 7.32. The molecule has 6 heteroatoms. The minimum absolute atomic E-state index is 0.516. The van der Waals surface area contributed by atoms with E-state index >= 15 is 0 Å². The van der Waals surface area contributed by atoms with Crippen LogP contribution in [0.25, 0.3) is 15.2 Å². The fourth-order valence-corrected chi connectivity index (χ4v) is 4.42. The number of aromatic nitrogens is 3. The van der Waals surface area contributed by atoms with Crippen molar-refractivity contribution in [2.24, 2.45) is 0 Å². The van der Waals surface area contributed by atoms with Crippen LogP contribution in [-0.4, -0.2) is 25.5 Å². The van der Waals surface area contributed by atoms with Gasteiger partial charge in [0.2, 0.25) is 4.96 Å². The molecule has 0 aliphatic heterocycles. The van der Waals surface area contributed by atoms with Crippen molar-refractivity contribution in [3.63, 3.8) is 0 Å². The van der Waals surface area contributed by atoms with Crippen LogP contribution in [0.5, 0.6) is 0 Å². The number of nitrogens with zero attached hydrogens (tertiary/aromatic N) is 3. The van der Waals surface area contributed by atoms with Crippen molar-refractivity contribution in [1.82, 2.24) is 14.6 Å². The number of aliphatic hydroxyl groups excluding tert-OH is 1. The van der Waals surface area contributed by atoms with E-state index in [0.717, 1.165) is 21.2 Å². The van der Waals surface area contributed by atoms with Crippen LogP contribution in [0.1, 0.15) is 17.2 Å². The van der Waals surface area contributed by atoms with Crippen LogP contribution in [0, 0.1) is 6.92 Å². The molecule has 4 rings (SSSR count). The minimum atomic E-state index is -0.516. The Morgan fingerprint density at radius 3 is 2.74 bits per heavy atom. The number of rotatable bonds is 4. The summed E-state index contributed by atoms with van der Waals surface area (Å²) in [7, 11) is 0. The molecule has 0 aliphatic carbocycles. The van der Waals surface area contributed by atoms with E-state index in [9.17, 15) is 5.11 Å². The SMILES string of the molecule is Cc1ccc(C(O)CSc2nnc3sc4ccccc4n23)cc1. The highest BCUT2D eigenvalue weighted by atomic mass is 32.2. The summed E-state index contributed by atoms with van der Waals surface area (Å²) in [4.78, 5) is 0.888. The number of benzene rings is 2. The van der Waals surface area contributed by atoms with E-state index in [0.29, 0.717) is 5.75 Å². The van der Waals surface area contributed by atoms with Crippen molar-refractivity contribution >= 4 is 38.3 Å². The number of aliphatic hydroxyl groups is 1. The normalized spacial score (nSPS) is 13.0. The van der Waals surface area contributed by atoms with Gasteiger partial charge in [0.15, 0.2) is 5.16 Å². The Labute approximate surface area is 141 Å². The van der Waals surface area contributed by atoms with Crippen LogP contribution >= 0.6 is 23.1 Å². The van der Waals surface area contributed by atoms with Crippen LogP contribution in [0.15, 0.2) is 53.7 Å². The van der Waals surface area contributed by atoms with Crippen LogP contribution < -0.4 is 0 Å². The second-order valence-electron chi connectivity index (χ2n) is 5.41. The Hall–Kier alpha value is -1.89. The Morgan fingerprint density at radius 2 is 1.91 bits per heavy atom. The van der Waals surface area contributed by atoms with Gasteiger partial charge in [-0.1, -0.05) is 65.1 Å². The lowest BCUT2D eigenvalue weighted by Gasteiger charge is -2.10. The molecule has 0 radical (unpaired) electrons. The molecule has 0 spiro atoms. The molecule has 116 valence electrons. The average molecular weight is 341 g/mol. The molecule has 0 bridgehead atoms. The van der Waals surface area contributed by atoms with E-state index in [2.05, 4.69) is 26.7 Å². The summed E-state index contributed by atoms with van der Waals surface area (Å²) in [5.74, 6) is 0.550. The minimum Gasteiger partial charge on any atom is -0.388 e. The van der Waals surface area contributed by atoms with Crippen LogP contribution in [0.4, 0.5) is 0 Å². The van der Waals surface area contributed by atoms with E-state index in [1.807, 2.05) is 43.3 Å². The lowest BCUT2D eigenvalue weighted by Crippen LogP contribution is -2.01. The number of para-hydroxylation sites is 1. The summed E-state index contributed by atoms with van der Waals surface area (Å²) in [5.41, 5.74) is 3.24. The van der Waals surface area contributed by atoms with Crippen molar-refractivity contribution in [3.05, 3.63) is 59.7 Å². The third-order valence-corrected chi connectivity index (χ3v) is 5.76. The molecule has 2 aromatic carbocycles. The number of thiazole rings is 1. The van der Waals surface area contributed by atoms with Crippen molar-refractivity contribution in [2.45, 2.75) is 18.2 Å². The van der Waals surface area contributed by atoms with E-state index < -0.39 is 6.10 Å². The fourth-order valence-electron chi connectivity index (χ4n) is 2.49. The lowest BCUT2D eigenvalue weighted by molar-refractivity contribution is 0.204. The van der Waals surface area contributed by atoms with Gasteiger partial charge < -0.3 is 5.11 Å². The zero-order valence-corrected chi connectivity index (χ0v) is 14.1. The number of fused-ring (bicyclic) bond motifs is 3. The Kier molecular flexibility index (Phi) is 3.80. The topological polar surface area (TPSA) is 50.4 Å². The third-order valence-electron chi connectivity index (χ3n) is 3.74. The summed E-state index contributed by atoms with van der Waals surface area (Å²) in [6.07, 6.45) is -0.516. The second kappa shape index (κ2) is 5.96. The Balaban J connectivity index is 1.59. The molecule has 0 saturated heterocycles. The molecule has 23 heavy (non-hydrogen) atoms. The number of thioether (sulfide) groups is 1.